The molecule has 3 aromatic rings. The number of nitrogens with one attached hydrogen (secondary N) is 1. The van der Waals surface area contributed by atoms with Crippen LogP contribution in [0.5, 0.6) is 0 Å². The van der Waals surface area contributed by atoms with Gasteiger partial charge in [0.15, 0.2) is 5.16 Å². The molecule has 3 rings (SSSR count). The minimum absolute atomic E-state index is 0.150. The van der Waals surface area contributed by atoms with Crippen LogP contribution in [0.25, 0.3) is 11.0 Å². The van der Waals surface area contributed by atoms with Crippen LogP contribution in [0.15, 0.2) is 66.3 Å². The van der Waals surface area contributed by atoms with E-state index in [4.69, 9.17) is 5.26 Å². The van der Waals surface area contributed by atoms with Crippen molar-refractivity contribution in [2.75, 3.05) is 11.1 Å². The van der Waals surface area contributed by atoms with E-state index in [1.54, 1.807) is 24.3 Å². The van der Waals surface area contributed by atoms with E-state index < -0.39 is 0 Å². The van der Waals surface area contributed by atoms with Gasteiger partial charge in [-0.3, -0.25) is 4.79 Å². The lowest BCUT2D eigenvalue weighted by Crippen LogP contribution is -2.19. The van der Waals surface area contributed by atoms with Crippen LogP contribution in [-0.4, -0.2) is 21.2 Å². The minimum Gasteiger partial charge on any atom is -0.324 e. The molecular formula is C19H16N4OS. The summed E-state index contributed by atoms with van der Waals surface area (Å²) in [5.74, 6) is 0.550. The van der Waals surface area contributed by atoms with Gasteiger partial charge in [-0.15, -0.1) is 6.58 Å². The normalized spacial score (nSPS) is 10.4. The zero-order chi connectivity index (χ0) is 17.6. The van der Waals surface area contributed by atoms with E-state index >= 15 is 0 Å². The first-order valence-corrected chi connectivity index (χ1v) is 8.69. The number of nitrogens with zero attached hydrogens (tertiary/aromatic N) is 3. The highest BCUT2D eigenvalue weighted by Gasteiger charge is 2.14. The standard InChI is InChI=1S/C19H16N4OS/c1-2-10-25-19-22-16-8-3-4-9-17(16)23(19)13-18(24)21-15-7-5-6-14(11-15)12-20/h2-9,11H,1,10,13H2,(H,21,24). The highest BCUT2D eigenvalue weighted by molar-refractivity contribution is 7.99. The third-order valence-corrected chi connectivity index (χ3v) is 4.50. The average Bonchev–Trinajstić information content (AvgIpc) is 2.97. The third kappa shape index (κ3) is 3.90. The third-order valence-electron chi connectivity index (χ3n) is 3.53. The second kappa shape index (κ2) is 7.69. The van der Waals surface area contributed by atoms with Gasteiger partial charge in [-0.05, 0) is 30.3 Å². The Balaban J connectivity index is 1.84. The number of carbonyl (C=O) groups excluding carboxylic acids is 1. The number of thioether (sulfide) groups is 1. The van der Waals surface area contributed by atoms with E-state index in [-0.39, 0.29) is 12.5 Å². The lowest BCUT2D eigenvalue weighted by Gasteiger charge is -2.09. The summed E-state index contributed by atoms with van der Waals surface area (Å²) >= 11 is 1.54. The van der Waals surface area contributed by atoms with Crippen molar-refractivity contribution in [2.24, 2.45) is 0 Å². The summed E-state index contributed by atoms with van der Waals surface area (Å²) in [6, 6.07) is 16.6. The molecule has 6 heteroatoms. The monoisotopic (exact) mass is 348 g/mol. The number of nitriles is 1. The average molecular weight is 348 g/mol. The summed E-state index contributed by atoms with van der Waals surface area (Å²) in [5, 5.41) is 12.6. The summed E-state index contributed by atoms with van der Waals surface area (Å²) < 4.78 is 1.90. The Morgan fingerprint density at radius 2 is 2.16 bits per heavy atom. The molecule has 0 saturated heterocycles. The number of aromatic nitrogens is 2. The molecule has 0 aliphatic rings. The molecule has 0 aliphatic heterocycles. The Labute approximate surface area is 150 Å². The summed E-state index contributed by atoms with van der Waals surface area (Å²) in [5.41, 5.74) is 2.88. The predicted molar refractivity (Wildman–Crippen MR) is 100 cm³/mol. The van der Waals surface area contributed by atoms with Crippen molar-refractivity contribution in [3.8, 4) is 6.07 Å². The number of anilines is 1. The summed E-state index contributed by atoms with van der Waals surface area (Å²) in [7, 11) is 0. The van der Waals surface area contributed by atoms with Crippen molar-refractivity contribution < 1.29 is 4.79 Å². The first-order valence-electron chi connectivity index (χ1n) is 7.70. The van der Waals surface area contributed by atoms with Crippen molar-refractivity contribution in [2.45, 2.75) is 11.7 Å². The number of rotatable bonds is 6. The quantitative estimate of drug-likeness (QED) is 0.543. The van der Waals surface area contributed by atoms with Crippen molar-refractivity contribution in [3.63, 3.8) is 0 Å². The van der Waals surface area contributed by atoms with Gasteiger partial charge in [-0.25, -0.2) is 4.98 Å². The van der Waals surface area contributed by atoms with Crippen LogP contribution in [0.3, 0.4) is 0 Å². The number of fused-ring (bicyclic) bond motifs is 1. The summed E-state index contributed by atoms with van der Waals surface area (Å²) in [6.07, 6.45) is 1.81. The van der Waals surface area contributed by atoms with Gasteiger partial charge >= 0.3 is 0 Å². The fourth-order valence-corrected chi connectivity index (χ4v) is 3.21. The van der Waals surface area contributed by atoms with Gasteiger partial charge in [0.05, 0.1) is 22.7 Å². The second-order valence-electron chi connectivity index (χ2n) is 5.31. The molecule has 0 radical (unpaired) electrons. The number of amides is 1. The number of hydrogen-bond donors (Lipinski definition) is 1. The van der Waals surface area contributed by atoms with Gasteiger partial charge in [-0.2, -0.15) is 5.26 Å². The Bertz CT molecular complexity index is 971. The second-order valence-corrected chi connectivity index (χ2v) is 6.30. The zero-order valence-corrected chi connectivity index (χ0v) is 14.3. The molecule has 0 saturated carbocycles. The van der Waals surface area contributed by atoms with Gasteiger partial charge in [-0.1, -0.05) is 36.0 Å². The highest BCUT2D eigenvalue weighted by Crippen LogP contribution is 2.24. The van der Waals surface area contributed by atoms with Crippen LogP contribution < -0.4 is 5.32 Å². The van der Waals surface area contributed by atoms with Crippen LogP contribution in [0, 0.1) is 11.3 Å². The zero-order valence-electron chi connectivity index (χ0n) is 13.5. The maximum atomic E-state index is 12.5. The van der Waals surface area contributed by atoms with Crippen LogP contribution >= 0.6 is 11.8 Å². The molecule has 1 N–H and O–H groups in total. The van der Waals surface area contributed by atoms with Gasteiger partial charge in [0, 0.05) is 11.4 Å². The molecule has 0 atom stereocenters. The lowest BCUT2D eigenvalue weighted by molar-refractivity contribution is -0.116. The molecule has 0 unspecified atom stereocenters. The van der Waals surface area contributed by atoms with Crippen molar-refractivity contribution in [1.82, 2.24) is 9.55 Å². The minimum atomic E-state index is -0.168. The molecule has 5 nitrogen and oxygen atoms in total. The first kappa shape index (κ1) is 16.8. The number of benzene rings is 2. The Hall–Kier alpha value is -3.04. The van der Waals surface area contributed by atoms with Gasteiger partial charge in [0.25, 0.3) is 0 Å². The first-order chi connectivity index (χ1) is 12.2. The van der Waals surface area contributed by atoms with E-state index in [0.29, 0.717) is 11.3 Å². The van der Waals surface area contributed by atoms with E-state index in [1.807, 2.05) is 34.9 Å². The molecule has 124 valence electrons. The largest absolute Gasteiger partial charge is 0.324 e. The predicted octanol–water partition coefficient (Wildman–Crippen LogP) is 3.82. The van der Waals surface area contributed by atoms with Crippen molar-refractivity contribution >= 4 is 34.4 Å². The Morgan fingerprint density at radius 3 is 2.96 bits per heavy atom. The number of imidazole rings is 1. The molecule has 25 heavy (non-hydrogen) atoms. The fraction of sp³-hybridized carbons (Fsp3) is 0.105. The van der Waals surface area contributed by atoms with E-state index in [9.17, 15) is 4.79 Å². The maximum absolute atomic E-state index is 12.5. The van der Waals surface area contributed by atoms with E-state index in [0.717, 1.165) is 21.9 Å². The lowest BCUT2D eigenvalue weighted by atomic mass is 10.2. The van der Waals surface area contributed by atoms with Crippen molar-refractivity contribution in [3.05, 3.63) is 66.7 Å². The number of para-hydroxylation sites is 2. The molecule has 1 amide bonds. The van der Waals surface area contributed by atoms with Crippen LogP contribution in [0.1, 0.15) is 5.56 Å². The molecule has 2 aromatic carbocycles. The fourth-order valence-electron chi connectivity index (χ4n) is 2.46. The molecular weight excluding hydrogens is 332 g/mol. The molecule has 0 aliphatic carbocycles. The van der Waals surface area contributed by atoms with Crippen LogP contribution in [0.2, 0.25) is 0 Å². The van der Waals surface area contributed by atoms with Gasteiger partial charge < -0.3 is 9.88 Å². The van der Waals surface area contributed by atoms with E-state index in [2.05, 4.69) is 22.9 Å². The van der Waals surface area contributed by atoms with Crippen LogP contribution in [0.4, 0.5) is 5.69 Å². The highest BCUT2D eigenvalue weighted by atomic mass is 32.2. The molecule has 0 fully saturated rings. The Kier molecular flexibility index (Phi) is 5.17. The van der Waals surface area contributed by atoms with Gasteiger partial charge in [0.1, 0.15) is 6.54 Å². The van der Waals surface area contributed by atoms with Crippen molar-refractivity contribution in [1.29, 1.82) is 5.26 Å². The molecule has 0 bridgehead atoms. The Morgan fingerprint density at radius 1 is 1.32 bits per heavy atom. The molecule has 1 aromatic heterocycles. The van der Waals surface area contributed by atoms with Crippen LogP contribution in [-0.2, 0) is 11.3 Å². The van der Waals surface area contributed by atoms with Gasteiger partial charge in [0.2, 0.25) is 5.91 Å². The molecule has 1 heterocycles. The summed E-state index contributed by atoms with van der Waals surface area (Å²) in [4.78, 5) is 17.1. The number of carbonyl (C=O) groups is 1. The topological polar surface area (TPSA) is 70.7 Å². The number of hydrogen-bond acceptors (Lipinski definition) is 4. The van der Waals surface area contributed by atoms with E-state index in [1.165, 1.54) is 11.8 Å². The molecule has 0 spiro atoms. The summed E-state index contributed by atoms with van der Waals surface area (Å²) in [6.45, 7) is 3.88. The smallest absolute Gasteiger partial charge is 0.244 e. The SMILES string of the molecule is C=CCSc1nc2ccccc2n1CC(=O)Nc1cccc(C#N)c1. The maximum Gasteiger partial charge on any atom is 0.244 e.